The largest absolute Gasteiger partial charge is 0.438 e. The van der Waals surface area contributed by atoms with Crippen LogP contribution in [0.1, 0.15) is 42.5 Å². The minimum atomic E-state index is 0.707. The molecule has 1 aromatic carbocycles. The van der Waals surface area contributed by atoms with Gasteiger partial charge in [-0.3, -0.25) is 4.98 Å². The number of aromatic nitrogens is 2. The van der Waals surface area contributed by atoms with Crippen molar-refractivity contribution in [3.8, 4) is 11.3 Å². The Morgan fingerprint density at radius 3 is 2.67 bits per heavy atom. The van der Waals surface area contributed by atoms with E-state index in [2.05, 4.69) is 42.4 Å². The summed E-state index contributed by atoms with van der Waals surface area (Å²) in [6.45, 7) is 4.20. The summed E-state index contributed by atoms with van der Waals surface area (Å²) < 4.78 is 5.91. The summed E-state index contributed by atoms with van der Waals surface area (Å²) >= 11 is 0. The van der Waals surface area contributed by atoms with Crippen molar-refractivity contribution in [3.05, 3.63) is 59.4 Å². The van der Waals surface area contributed by atoms with Gasteiger partial charge in [0.1, 0.15) is 5.58 Å². The first-order valence-electron chi connectivity index (χ1n) is 9.93. The highest BCUT2D eigenvalue weighted by Crippen LogP contribution is 2.33. The maximum absolute atomic E-state index is 5.91. The molecule has 1 aliphatic carbocycles. The van der Waals surface area contributed by atoms with Crippen LogP contribution in [0.4, 0.5) is 0 Å². The second-order valence-electron chi connectivity index (χ2n) is 7.97. The van der Waals surface area contributed by atoms with Crippen LogP contribution in [0.2, 0.25) is 0 Å². The van der Waals surface area contributed by atoms with E-state index < -0.39 is 0 Å². The van der Waals surface area contributed by atoms with Crippen molar-refractivity contribution in [3.63, 3.8) is 0 Å². The highest BCUT2D eigenvalue weighted by Gasteiger charge is 2.17. The van der Waals surface area contributed by atoms with Crippen LogP contribution in [-0.4, -0.2) is 9.97 Å². The fraction of sp³-hybridized carbons (Fsp3) is 0.333. The number of hydrogen-bond donors (Lipinski definition) is 0. The van der Waals surface area contributed by atoms with Crippen LogP contribution >= 0.6 is 0 Å². The van der Waals surface area contributed by atoms with E-state index in [0.29, 0.717) is 5.71 Å². The van der Waals surface area contributed by atoms with Gasteiger partial charge in [-0.05, 0) is 73.7 Å². The first kappa shape index (κ1) is 16.5. The van der Waals surface area contributed by atoms with Crippen LogP contribution in [0.25, 0.3) is 33.3 Å². The topological polar surface area (TPSA) is 38.9 Å². The van der Waals surface area contributed by atoms with Gasteiger partial charge in [0.05, 0.1) is 5.69 Å². The standard InChI is InChI=1S/C24H24N2O/c1-15-11-22(25-14-19(15)12-17-5-3-4-6-17)18-8-10-23-21(13-18)20-9-7-16(2)26-24(20)27-23/h7-11,13-14,17H,3-6,12H2,1-2H3. The third-order valence-electron chi connectivity index (χ3n) is 5.97. The number of fused-ring (bicyclic) bond motifs is 3. The van der Waals surface area contributed by atoms with E-state index >= 15 is 0 Å². The van der Waals surface area contributed by atoms with Gasteiger partial charge in [0.15, 0.2) is 0 Å². The molecule has 0 amide bonds. The number of furan rings is 1. The van der Waals surface area contributed by atoms with E-state index in [-0.39, 0.29) is 0 Å². The summed E-state index contributed by atoms with van der Waals surface area (Å²) in [5, 5.41) is 2.16. The maximum Gasteiger partial charge on any atom is 0.227 e. The molecule has 3 heterocycles. The Labute approximate surface area is 159 Å². The van der Waals surface area contributed by atoms with E-state index in [1.165, 1.54) is 43.2 Å². The van der Waals surface area contributed by atoms with Crippen LogP contribution in [0.5, 0.6) is 0 Å². The van der Waals surface area contributed by atoms with Crippen LogP contribution in [-0.2, 0) is 6.42 Å². The smallest absolute Gasteiger partial charge is 0.227 e. The average Bonchev–Trinajstić information content (AvgIpc) is 3.29. The normalized spacial score (nSPS) is 15.2. The molecule has 0 bridgehead atoms. The third kappa shape index (κ3) is 3.01. The van der Waals surface area contributed by atoms with Gasteiger partial charge in [-0.1, -0.05) is 25.7 Å². The zero-order valence-corrected chi connectivity index (χ0v) is 16.0. The Hall–Kier alpha value is -2.68. The summed E-state index contributed by atoms with van der Waals surface area (Å²) in [6, 6.07) is 12.7. The lowest BCUT2D eigenvalue weighted by Crippen LogP contribution is -2.02. The van der Waals surface area contributed by atoms with Crippen molar-refractivity contribution in [2.45, 2.75) is 46.0 Å². The van der Waals surface area contributed by atoms with Gasteiger partial charge in [0, 0.05) is 28.2 Å². The van der Waals surface area contributed by atoms with E-state index in [9.17, 15) is 0 Å². The molecule has 0 N–H and O–H groups in total. The number of benzene rings is 1. The number of aryl methyl sites for hydroxylation is 2. The van der Waals surface area contributed by atoms with Crippen molar-refractivity contribution < 1.29 is 4.42 Å². The molecule has 4 aromatic rings. The lowest BCUT2D eigenvalue weighted by Gasteiger charge is -2.12. The van der Waals surface area contributed by atoms with Gasteiger partial charge in [0.2, 0.25) is 5.71 Å². The van der Waals surface area contributed by atoms with Gasteiger partial charge in [-0.25, -0.2) is 4.98 Å². The van der Waals surface area contributed by atoms with Gasteiger partial charge in [-0.2, -0.15) is 0 Å². The Morgan fingerprint density at radius 2 is 1.85 bits per heavy atom. The SMILES string of the molecule is Cc1ccc2c(n1)oc1ccc(-c3cc(C)c(CC4CCCC4)cn3)cc12. The monoisotopic (exact) mass is 356 g/mol. The number of rotatable bonds is 3. The molecular formula is C24H24N2O. The summed E-state index contributed by atoms with van der Waals surface area (Å²) in [5.74, 6) is 0.848. The Kier molecular flexibility index (Phi) is 3.96. The maximum atomic E-state index is 5.91. The molecule has 1 saturated carbocycles. The molecule has 27 heavy (non-hydrogen) atoms. The van der Waals surface area contributed by atoms with Gasteiger partial charge in [0.25, 0.3) is 0 Å². The van der Waals surface area contributed by atoms with Crippen LogP contribution < -0.4 is 0 Å². The summed E-state index contributed by atoms with van der Waals surface area (Å²) in [7, 11) is 0. The first-order valence-corrected chi connectivity index (χ1v) is 9.93. The van der Waals surface area contributed by atoms with Crippen LogP contribution in [0, 0.1) is 19.8 Å². The van der Waals surface area contributed by atoms with Gasteiger partial charge in [-0.15, -0.1) is 0 Å². The summed E-state index contributed by atoms with van der Waals surface area (Å²) in [4.78, 5) is 9.30. The molecule has 136 valence electrons. The second kappa shape index (κ2) is 6.49. The second-order valence-corrected chi connectivity index (χ2v) is 7.97. The molecule has 0 aliphatic heterocycles. The Balaban J connectivity index is 1.52. The zero-order chi connectivity index (χ0) is 18.4. The number of pyridine rings is 2. The molecule has 3 heteroatoms. The minimum Gasteiger partial charge on any atom is -0.438 e. The molecule has 0 radical (unpaired) electrons. The van der Waals surface area contributed by atoms with Crippen molar-refractivity contribution in [1.82, 2.24) is 9.97 Å². The van der Waals surface area contributed by atoms with E-state index in [4.69, 9.17) is 9.40 Å². The molecular weight excluding hydrogens is 332 g/mol. The van der Waals surface area contributed by atoms with Gasteiger partial charge < -0.3 is 4.42 Å². The average molecular weight is 356 g/mol. The zero-order valence-electron chi connectivity index (χ0n) is 16.0. The number of nitrogens with zero attached hydrogens (tertiary/aromatic N) is 2. The van der Waals surface area contributed by atoms with Crippen molar-refractivity contribution >= 4 is 22.1 Å². The van der Waals surface area contributed by atoms with E-state index in [1.807, 2.05) is 19.1 Å². The van der Waals surface area contributed by atoms with Crippen molar-refractivity contribution in [2.75, 3.05) is 0 Å². The summed E-state index contributed by atoms with van der Waals surface area (Å²) in [5.41, 5.74) is 7.46. The highest BCUT2D eigenvalue weighted by atomic mass is 16.3. The molecule has 0 atom stereocenters. The predicted octanol–water partition coefficient (Wildman–Crippen LogP) is 6.39. The Bertz CT molecular complexity index is 1140. The van der Waals surface area contributed by atoms with Crippen LogP contribution in [0.15, 0.2) is 47.0 Å². The lowest BCUT2D eigenvalue weighted by atomic mass is 9.95. The lowest BCUT2D eigenvalue weighted by molar-refractivity contribution is 0.544. The minimum absolute atomic E-state index is 0.707. The molecule has 3 aromatic heterocycles. The third-order valence-corrected chi connectivity index (χ3v) is 5.97. The molecule has 5 rings (SSSR count). The molecule has 0 spiro atoms. The molecule has 1 aliphatic rings. The fourth-order valence-electron chi connectivity index (χ4n) is 4.39. The Morgan fingerprint density at radius 1 is 1.00 bits per heavy atom. The van der Waals surface area contributed by atoms with Crippen molar-refractivity contribution in [2.24, 2.45) is 5.92 Å². The highest BCUT2D eigenvalue weighted by molar-refractivity contribution is 6.04. The molecule has 0 saturated heterocycles. The first-order chi connectivity index (χ1) is 13.2. The van der Waals surface area contributed by atoms with E-state index in [1.54, 1.807) is 0 Å². The van der Waals surface area contributed by atoms with Gasteiger partial charge >= 0.3 is 0 Å². The number of hydrogen-bond acceptors (Lipinski definition) is 3. The molecule has 0 unspecified atom stereocenters. The van der Waals surface area contributed by atoms with E-state index in [0.717, 1.165) is 39.2 Å². The quantitative estimate of drug-likeness (QED) is 0.427. The molecule has 3 nitrogen and oxygen atoms in total. The summed E-state index contributed by atoms with van der Waals surface area (Å²) in [6.07, 6.45) is 8.80. The fourth-order valence-corrected chi connectivity index (χ4v) is 4.39. The van der Waals surface area contributed by atoms with Crippen molar-refractivity contribution in [1.29, 1.82) is 0 Å². The van der Waals surface area contributed by atoms with Crippen LogP contribution in [0.3, 0.4) is 0 Å². The predicted molar refractivity (Wildman–Crippen MR) is 110 cm³/mol. The molecule has 1 fully saturated rings.